The van der Waals surface area contributed by atoms with Gasteiger partial charge in [-0.1, -0.05) is 13.5 Å². The summed E-state index contributed by atoms with van der Waals surface area (Å²) in [7, 11) is -3.01. The molecule has 0 amide bonds. The van der Waals surface area contributed by atoms with Gasteiger partial charge in [0.15, 0.2) is 9.84 Å². The zero-order valence-electron chi connectivity index (χ0n) is 7.15. The zero-order chi connectivity index (χ0) is 9.61. The fraction of sp³-hybridized carbons (Fsp3) is 0.667. The van der Waals surface area contributed by atoms with E-state index in [-0.39, 0.29) is 17.2 Å². The Hall–Kier alpha value is -0.360. The van der Waals surface area contributed by atoms with E-state index in [1.165, 1.54) is 11.9 Å². The Balaban J connectivity index is 4.11. The van der Waals surface area contributed by atoms with Gasteiger partial charge in [0.1, 0.15) is 0 Å². The largest absolute Gasteiger partial charge is 0.228 e. The minimum absolute atomic E-state index is 0.104. The molecule has 0 spiro atoms. The third kappa shape index (κ3) is 5.31. The van der Waals surface area contributed by atoms with Crippen LogP contribution in [0.3, 0.4) is 0 Å². The van der Waals surface area contributed by atoms with Crippen LogP contribution in [0.4, 0.5) is 0 Å². The molecule has 0 aromatic rings. The van der Waals surface area contributed by atoms with E-state index in [2.05, 4.69) is 16.2 Å². The van der Waals surface area contributed by atoms with E-state index in [0.29, 0.717) is 0 Å². The molecule has 0 heterocycles. The molecule has 0 bridgehead atoms. The normalized spacial score (nSPS) is 12.2. The molecule has 0 aromatic heterocycles. The summed E-state index contributed by atoms with van der Waals surface area (Å²) in [4.78, 5) is 0. The van der Waals surface area contributed by atoms with Crippen LogP contribution in [0.2, 0.25) is 0 Å². The van der Waals surface area contributed by atoms with Crippen molar-refractivity contribution in [1.82, 2.24) is 0 Å². The van der Waals surface area contributed by atoms with Crippen molar-refractivity contribution in [1.29, 1.82) is 0 Å². The first-order chi connectivity index (χ1) is 5.52. The molecule has 0 N–H and O–H groups in total. The van der Waals surface area contributed by atoms with Gasteiger partial charge in [0.05, 0.1) is 11.4 Å². The summed E-state index contributed by atoms with van der Waals surface area (Å²) in [6, 6.07) is 0. The highest BCUT2D eigenvalue weighted by Crippen LogP contribution is 2.04. The first-order valence-electron chi connectivity index (χ1n) is 3.34. The number of hydrogen-bond acceptors (Lipinski definition) is 5. The predicted octanol–water partition coefficient (Wildman–Crippen LogP) is 1.67. The lowest BCUT2D eigenvalue weighted by Crippen LogP contribution is -2.09. The third-order valence-electron chi connectivity index (χ3n) is 1.09. The van der Waals surface area contributed by atoms with E-state index in [4.69, 9.17) is 0 Å². The lowest BCUT2D eigenvalue weighted by Gasteiger charge is -1.97. The molecule has 0 fully saturated rings. The van der Waals surface area contributed by atoms with Crippen molar-refractivity contribution in [2.24, 2.45) is 9.63 Å². The van der Waals surface area contributed by atoms with Gasteiger partial charge in [0.25, 0.3) is 0 Å². The quantitative estimate of drug-likeness (QED) is 0.510. The van der Waals surface area contributed by atoms with Crippen LogP contribution in [0.25, 0.3) is 0 Å². The Kier molecular flexibility index (Phi) is 5.16. The van der Waals surface area contributed by atoms with E-state index >= 15 is 0 Å². The van der Waals surface area contributed by atoms with Crippen LogP contribution in [0, 0.1) is 0 Å². The van der Waals surface area contributed by atoms with Gasteiger partial charge in [-0.05, 0) is 11.9 Å². The highest BCUT2D eigenvalue weighted by molar-refractivity contribution is 7.97. The van der Waals surface area contributed by atoms with Crippen molar-refractivity contribution < 1.29 is 8.42 Å². The highest BCUT2D eigenvalue weighted by Gasteiger charge is 2.08. The monoisotopic (exact) mass is 208 g/mol. The Morgan fingerprint density at radius 2 is 2.17 bits per heavy atom. The van der Waals surface area contributed by atoms with Gasteiger partial charge in [-0.3, -0.25) is 0 Å². The summed E-state index contributed by atoms with van der Waals surface area (Å²) in [6.45, 7) is 5.06. The average molecular weight is 208 g/mol. The fourth-order valence-corrected chi connectivity index (χ4v) is 1.45. The zero-order valence-corrected chi connectivity index (χ0v) is 8.78. The maximum atomic E-state index is 11.0. The lowest BCUT2D eigenvalue weighted by molar-refractivity contribution is 0.599. The van der Waals surface area contributed by atoms with E-state index in [9.17, 15) is 8.42 Å². The van der Waals surface area contributed by atoms with Gasteiger partial charge in [-0.2, -0.15) is 0 Å². The van der Waals surface area contributed by atoms with E-state index in [0.717, 1.165) is 0 Å². The molecule has 0 rings (SSSR count). The number of hydrogen-bond donors (Lipinski definition) is 0. The number of rotatable bonds is 5. The molecule has 0 saturated carbocycles. The average Bonchev–Trinajstić information content (AvgIpc) is 2.00. The first kappa shape index (κ1) is 11.6. The smallest absolute Gasteiger partial charge is 0.155 e. The van der Waals surface area contributed by atoms with E-state index < -0.39 is 9.84 Å². The Labute approximate surface area is 77.2 Å². The van der Waals surface area contributed by atoms with Crippen molar-refractivity contribution in [2.45, 2.75) is 6.92 Å². The summed E-state index contributed by atoms with van der Waals surface area (Å²) in [5.41, 5.74) is 0.284. The lowest BCUT2D eigenvalue weighted by atomic mass is 10.6. The molecular weight excluding hydrogens is 196 g/mol. The SMILES string of the molecule is C=C(CS(=O)(=O)CC)N=NSC. The molecule has 0 aliphatic carbocycles. The first-order valence-corrected chi connectivity index (χ1v) is 6.34. The van der Waals surface area contributed by atoms with Crippen LogP contribution >= 0.6 is 11.9 Å². The van der Waals surface area contributed by atoms with Crippen molar-refractivity contribution in [3.8, 4) is 0 Å². The molecule has 0 aliphatic rings. The minimum Gasteiger partial charge on any atom is -0.228 e. The third-order valence-corrected chi connectivity index (χ3v) is 2.99. The maximum absolute atomic E-state index is 11.0. The Morgan fingerprint density at radius 1 is 1.58 bits per heavy atom. The van der Waals surface area contributed by atoms with Crippen LogP contribution < -0.4 is 0 Å². The molecular formula is C6H12N2O2S2. The van der Waals surface area contributed by atoms with Gasteiger partial charge in [0, 0.05) is 12.0 Å². The molecule has 0 unspecified atom stereocenters. The number of nitrogens with zero attached hydrogens (tertiary/aromatic N) is 2. The molecule has 0 saturated heterocycles. The summed E-state index contributed by atoms with van der Waals surface area (Å²) in [5.74, 6) is 0.00830. The summed E-state index contributed by atoms with van der Waals surface area (Å²) in [6.07, 6.45) is 1.74. The second kappa shape index (κ2) is 5.31. The van der Waals surface area contributed by atoms with Crippen LogP contribution in [0.15, 0.2) is 21.9 Å². The van der Waals surface area contributed by atoms with Crippen molar-refractivity contribution in [3.63, 3.8) is 0 Å². The molecule has 0 aromatic carbocycles. The predicted molar refractivity (Wildman–Crippen MR) is 51.8 cm³/mol. The van der Waals surface area contributed by atoms with Gasteiger partial charge < -0.3 is 0 Å². The standard InChI is InChI=1S/C6H12N2O2S2/c1-4-12(9,10)5-6(2)7-8-11-3/h2,4-5H2,1,3H3. The topological polar surface area (TPSA) is 58.9 Å². The van der Waals surface area contributed by atoms with Gasteiger partial charge in [0.2, 0.25) is 0 Å². The van der Waals surface area contributed by atoms with Crippen LogP contribution in [-0.2, 0) is 9.84 Å². The Bertz CT molecular complexity index is 269. The summed E-state index contributed by atoms with van der Waals surface area (Å²) in [5, 5.41) is 3.59. The fourth-order valence-electron chi connectivity index (χ4n) is 0.483. The van der Waals surface area contributed by atoms with Crippen LogP contribution in [0.5, 0.6) is 0 Å². The highest BCUT2D eigenvalue weighted by atomic mass is 32.2. The van der Waals surface area contributed by atoms with Crippen LogP contribution in [-0.4, -0.2) is 26.2 Å². The Morgan fingerprint density at radius 3 is 2.58 bits per heavy atom. The molecule has 6 heteroatoms. The van der Waals surface area contributed by atoms with Gasteiger partial charge in [-0.25, -0.2) is 8.42 Å². The molecule has 0 atom stereocenters. The van der Waals surface area contributed by atoms with Crippen LogP contribution in [0.1, 0.15) is 6.92 Å². The second-order valence-electron chi connectivity index (χ2n) is 2.11. The second-order valence-corrected chi connectivity index (χ2v) is 4.99. The maximum Gasteiger partial charge on any atom is 0.155 e. The molecule has 70 valence electrons. The molecule has 12 heavy (non-hydrogen) atoms. The molecule has 0 aliphatic heterocycles. The van der Waals surface area contributed by atoms with E-state index in [1.807, 2.05) is 0 Å². The minimum atomic E-state index is -3.01. The van der Waals surface area contributed by atoms with E-state index in [1.54, 1.807) is 13.2 Å². The van der Waals surface area contributed by atoms with Crippen molar-refractivity contribution >= 4 is 21.8 Å². The van der Waals surface area contributed by atoms with Gasteiger partial charge >= 0.3 is 0 Å². The number of sulfone groups is 1. The molecule has 4 nitrogen and oxygen atoms in total. The summed E-state index contributed by atoms with van der Waals surface area (Å²) >= 11 is 1.17. The van der Waals surface area contributed by atoms with Crippen molar-refractivity contribution in [3.05, 3.63) is 12.3 Å². The van der Waals surface area contributed by atoms with Crippen molar-refractivity contribution in [2.75, 3.05) is 17.8 Å². The molecule has 0 radical (unpaired) electrons. The van der Waals surface area contributed by atoms with Gasteiger partial charge in [-0.15, -0.1) is 9.63 Å². The summed E-state index contributed by atoms with van der Waals surface area (Å²) < 4.78 is 25.6.